The Labute approximate surface area is 206 Å². The van der Waals surface area contributed by atoms with Crippen LogP contribution in [-0.2, 0) is 0 Å². The summed E-state index contributed by atoms with van der Waals surface area (Å²) in [5.41, 5.74) is 0.743. The zero-order valence-electron chi connectivity index (χ0n) is 18.9. The predicted molar refractivity (Wildman–Crippen MR) is 134 cm³/mol. The molecule has 0 aliphatic carbocycles. The van der Waals surface area contributed by atoms with E-state index in [9.17, 15) is 10.0 Å². The predicted octanol–water partition coefficient (Wildman–Crippen LogP) is 3.21. The second-order valence-electron chi connectivity index (χ2n) is 7.87. The van der Waals surface area contributed by atoms with Gasteiger partial charge in [0.05, 0.1) is 23.5 Å². The molecule has 0 saturated carbocycles. The lowest BCUT2D eigenvalue weighted by atomic mass is 10.2. The van der Waals surface area contributed by atoms with E-state index in [2.05, 4.69) is 30.1 Å². The van der Waals surface area contributed by atoms with Crippen LogP contribution >= 0.6 is 22.9 Å². The van der Waals surface area contributed by atoms with Crippen molar-refractivity contribution in [2.45, 2.75) is 13.8 Å². The molecule has 2 aromatic heterocycles. The average Bonchev–Trinajstić information content (AvgIpc) is 3.27. The second kappa shape index (κ2) is 10.6. The van der Waals surface area contributed by atoms with Crippen LogP contribution in [-0.4, -0.2) is 70.2 Å². The number of hydroxylamine groups is 1. The molecule has 1 aliphatic rings. The molecule has 1 amide bonds. The van der Waals surface area contributed by atoms with Crippen LogP contribution in [0, 0.1) is 19.1 Å². The SMILES string of the molecule is Cc1nc(Nc2ncc(C(=O)N([O-])c3c(C)cccc3Cl)s2)cc(N2CCN(CCO)CC2)n1. The molecule has 1 saturated heterocycles. The number of nitrogens with one attached hydrogen (secondary N) is 1. The monoisotopic (exact) mass is 502 g/mol. The molecule has 2 N–H and O–H groups in total. The highest BCUT2D eigenvalue weighted by molar-refractivity contribution is 7.17. The summed E-state index contributed by atoms with van der Waals surface area (Å²) in [6.07, 6.45) is 1.36. The number of aliphatic hydroxyl groups excluding tert-OH is 1. The van der Waals surface area contributed by atoms with Crippen LogP contribution < -0.4 is 15.3 Å². The minimum Gasteiger partial charge on any atom is -0.751 e. The van der Waals surface area contributed by atoms with Crippen LogP contribution in [0.4, 0.5) is 22.5 Å². The Morgan fingerprint density at radius 1 is 1.26 bits per heavy atom. The van der Waals surface area contributed by atoms with Crippen molar-refractivity contribution in [3.63, 3.8) is 0 Å². The van der Waals surface area contributed by atoms with Crippen molar-refractivity contribution in [1.29, 1.82) is 0 Å². The summed E-state index contributed by atoms with van der Waals surface area (Å²) in [6.45, 7) is 7.66. The van der Waals surface area contributed by atoms with Crippen molar-refractivity contribution >= 4 is 51.3 Å². The van der Waals surface area contributed by atoms with Crippen LogP contribution in [0.5, 0.6) is 0 Å². The van der Waals surface area contributed by atoms with Crippen molar-refractivity contribution in [3.8, 4) is 0 Å². The van der Waals surface area contributed by atoms with Gasteiger partial charge in [-0.05, 0) is 25.5 Å². The number of piperazine rings is 1. The van der Waals surface area contributed by atoms with Gasteiger partial charge in [0.25, 0.3) is 5.91 Å². The van der Waals surface area contributed by atoms with Crippen molar-refractivity contribution in [2.75, 3.05) is 54.6 Å². The lowest BCUT2D eigenvalue weighted by molar-refractivity contribution is 0.100. The van der Waals surface area contributed by atoms with Gasteiger partial charge in [-0.2, -0.15) is 0 Å². The lowest BCUT2D eigenvalue weighted by Gasteiger charge is -2.35. The summed E-state index contributed by atoms with van der Waals surface area (Å²) in [5.74, 6) is 1.22. The molecule has 1 aliphatic heterocycles. The summed E-state index contributed by atoms with van der Waals surface area (Å²) in [7, 11) is 0. The van der Waals surface area contributed by atoms with E-state index in [4.69, 9.17) is 16.7 Å². The zero-order valence-corrected chi connectivity index (χ0v) is 20.4. The van der Waals surface area contributed by atoms with Crippen LogP contribution in [0.25, 0.3) is 0 Å². The van der Waals surface area contributed by atoms with Gasteiger partial charge in [-0.3, -0.25) is 9.69 Å². The number of hydrogen-bond donors (Lipinski definition) is 2. The first-order chi connectivity index (χ1) is 16.4. The number of β-amino-alcohol motifs (C(OH)–C–C–N with tert-alkyl or cyclic N) is 1. The summed E-state index contributed by atoms with van der Waals surface area (Å²) < 4.78 is 0. The molecule has 12 heteroatoms. The number of aryl methyl sites for hydroxylation is 2. The normalized spacial score (nSPS) is 14.3. The van der Waals surface area contributed by atoms with E-state index in [1.54, 1.807) is 25.1 Å². The third-order valence-electron chi connectivity index (χ3n) is 5.46. The third-order valence-corrected chi connectivity index (χ3v) is 6.67. The lowest BCUT2D eigenvalue weighted by Crippen LogP contribution is -2.47. The molecule has 0 atom stereocenters. The van der Waals surface area contributed by atoms with Gasteiger partial charge in [-0.15, -0.1) is 0 Å². The standard InChI is InChI=1S/C22H25ClN7O3S/c1-14-4-3-5-16(23)20(14)30(33)21(32)17-13-24-22(34-17)27-18-12-19(26-15(2)25-18)29-8-6-28(7-9-29)10-11-31/h3-5,12-13,31H,6-11H2,1-2H3,(H,24,25,26,27)/q-1. The number of aromatic nitrogens is 3. The Hall–Kier alpha value is -2.83. The molecule has 3 heterocycles. The molecule has 180 valence electrons. The number of nitrogens with zero attached hydrogens (tertiary/aromatic N) is 6. The highest BCUT2D eigenvalue weighted by atomic mass is 35.5. The Morgan fingerprint density at radius 2 is 2.03 bits per heavy atom. The quantitative estimate of drug-likeness (QED) is 0.469. The van der Waals surface area contributed by atoms with Crippen molar-refractivity contribution in [3.05, 3.63) is 57.0 Å². The van der Waals surface area contributed by atoms with E-state index in [0.29, 0.717) is 33.9 Å². The molecule has 0 bridgehead atoms. The van der Waals surface area contributed by atoms with Crippen molar-refractivity contribution in [2.24, 2.45) is 0 Å². The first-order valence-electron chi connectivity index (χ1n) is 10.8. The van der Waals surface area contributed by atoms with Gasteiger partial charge in [0.15, 0.2) is 5.13 Å². The van der Waals surface area contributed by atoms with E-state index in [1.807, 2.05) is 13.0 Å². The van der Waals surface area contributed by atoms with Gasteiger partial charge < -0.3 is 25.6 Å². The fourth-order valence-corrected chi connectivity index (χ4v) is 4.79. The maximum absolute atomic E-state index is 12.7. The molecule has 34 heavy (non-hydrogen) atoms. The van der Waals surface area contributed by atoms with E-state index in [1.165, 1.54) is 6.20 Å². The third kappa shape index (κ3) is 5.45. The molecule has 3 aromatic rings. The van der Waals surface area contributed by atoms with Gasteiger partial charge in [0.2, 0.25) is 0 Å². The van der Waals surface area contributed by atoms with Gasteiger partial charge in [-0.1, -0.05) is 35.1 Å². The molecule has 10 nitrogen and oxygen atoms in total. The Bertz CT molecular complexity index is 1150. The smallest absolute Gasteiger partial charge is 0.259 e. The maximum atomic E-state index is 12.7. The molecular weight excluding hydrogens is 478 g/mol. The summed E-state index contributed by atoms with van der Waals surface area (Å²) in [6, 6.07) is 6.86. The van der Waals surface area contributed by atoms with Gasteiger partial charge in [0.1, 0.15) is 22.3 Å². The number of thiazole rings is 1. The number of hydrogen-bond acceptors (Lipinski definition) is 10. The molecule has 0 unspecified atom stereocenters. The fourth-order valence-electron chi connectivity index (χ4n) is 3.74. The largest absolute Gasteiger partial charge is 0.751 e. The maximum Gasteiger partial charge on any atom is 0.259 e. The molecular formula is C22H25ClN7O3S-. The summed E-state index contributed by atoms with van der Waals surface area (Å²) in [4.78, 5) is 30.5. The molecule has 1 aromatic carbocycles. The number of halogens is 1. The number of carbonyl (C=O) groups excluding carboxylic acids is 1. The number of benzene rings is 1. The minimum absolute atomic E-state index is 0.132. The second-order valence-corrected chi connectivity index (χ2v) is 9.31. The van der Waals surface area contributed by atoms with Crippen LogP contribution in [0.15, 0.2) is 30.5 Å². The molecule has 4 rings (SSSR count). The van der Waals surface area contributed by atoms with Crippen LogP contribution in [0.3, 0.4) is 0 Å². The topological polar surface area (TPSA) is 121 Å². The molecule has 0 spiro atoms. The van der Waals surface area contributed by atoms with E-state index in [-0.39, 0.29) is 22.2 Å². The summed E-state index contributed by atoms with van der Waals surface area (Å²) >= 11 is 7.20. The van der Waals surface area contributed by atoms with Gasteiger partial charge in [-0.25, -0.2) is 15.0 Å². The molecule has 0 radical (unpaired) electrons. The van der Waals surface area contributed by atoms with Gasteiger partial charge >= 0.3 is 0 Å². The number of anilines is 4. The van der Waals surface area contributed by atoms with E-state index < -0.39 is 5.91 Å². The first kappa shape index (κ1) is 24.3. The van der Waals surface area contributed by atoms with E-state index >= 15 is 0 Å². The van der Waals surface area contributed by atoms with Crippen molar-refractivity contribution in [1.82, 2.24) is 19.9 Å². The molecule has 1 fully saturated rings. The number of carbonyl (C=O) groups is 1. The summed E-state index contributed by atoms with van der Waals surface area (Å²) in [5, 5.41) is 25.9. The Balaban J connectivity index is 1.46. The Morgan fingerprint density at radius 3 is 2.74 bits per heavy atom. The highest BCUT2D eigenvalue weighted by Gasteiger charge is 2.20. The Kier molecular flexibility index (Phi) is 7.59. The fraction of sp³-hybridized carbons (Fsp3) is 0.364. The van der Waals surface area contributed by atoms with Gasteiger partial charge in [0, 0.05) is 38.8 Å². The first-order valence-corrected chi connectivity index (χ1v) is 12.0. The van der Waals surface area contributed by atoms with Crippen LogP contribution in [0.1, 0.15) is 21.1 Å². The number of amides is 1. The van der Waals surface area contributed by atoms with Crippen LogP contribution in [0.2, 0.25) is 5.02 Å². The zero-order chi connectivity index (χ0) is 24.2. The van der Waals surface area contributed by atoms with E-state index in [0.717, 1.165) is 43.3 Å². The minimum atomic E-state index is -0.734. The van der Waals surface area contributed by atoms with Crippen molar-refractivity contribution < 1.29 is 9.90 Å². The highest BCUT2D eigenvalue weighted by Crippen LogP contribution is 2.32. The number of aliphatic hydroxyl groups is 1. The number of rotatable bonds is 7. The average molecular weight is 503 g/mol. The number of para-hydroxylation sites is 1.